The smallest absolute Gasteiger partial charge is 0.256 e. The number of hydrogen-bond acceptors (Lipinski definition) is 2. The number of benzene rings is 1. The first-order valence-corrected chi connectivity index (χ1v) is 5.42. The van der Waals surface area contributed by atoms with Crippen LogP contribution in [0.1, 0.15) is 16.8 Å². The van der Waals surface area contributed by atoms with Gasteiger partial charge in [-0.25, -0.2) is 8.78 Å². The molecule has 1 amide bonds. The molecule has 1 rings (SSSR count). The van der Waals surface area contributed by atoms with Crippen molar-refractivity contribution in [3.8, 4) is 0 Å². The summed E-state index contributed by atoms with van der Waals surface area (Å²) in [4.78, 5) is 13.2. The maximum absolute atomic E-state index is 13.4. The van der Waals surface area contributed by atoms with Gasteiger partial charge in [-0.2, -0.15) is 0 Å². The van der Waals surface area contributed by atoms with Crippen LogP contribution in [0, 0.1) is 11.6 Å². The lowest BCUT2D eigenvalue weighted by atomic mass is 10.2. The highest BCUT2D eigenvalue weighted by molar-refractivity contribution is 5.94. The Morgan fingerprint density at radius 1 is 1.41 bits per heavy atom. The summed E-state index contributed by atoms with van der Waals surface area (Å²) in [7, 11) is 3.39. The number of carbonyl (C=O) groups excluding carboxylic acids is 1. The Balaban J connectivity index is 2.71. The standard InChI is InChI=1S/C12H16F2N2O/c1-15-7-4-8-16(2)12(17)9-5-3-6-10(13)11(9)14/h3,5-6,15H,4,7-8H2,1-2H3. The van der Waals surface area contributed by atoms with Crippen molar-refractivity contribution in [2.45, 2.75) is 6.42 Å². The number of nitrogens with zero attached hydrogens (tertiary/aromatic N) is 1. The Hall–Kier alpha value is -1.49. The van der Waals surface area contributed by atoms with E-state index in [9.17, 15) is 13.6 Å². The van der Waals surface area contributed by atoms with Crippen LogP contribution in [-0.2, 0) is 0 Å². The van der Waals surface area contributed by atoms with Crippen LogP contribution in [0.15, 0.2) is 18.2 Å². The zero-order valence-electron chi connectivity index (χ0n) is 9.96. The van der Waals surface area contributed by atoms with E-state index in [0.717, 1.165) is 19.0 Å². The summed E-state index contributed by atoms with van der Waals surface area (Å²) in [6.07, 6.45) is 0.760. The number of carbonyl (C=O) groups is 1. The molecule has 3 nitrogen and oxygen atoms in total. The molecule has 0 atom stereocenters. The molecule has 0 fully saturated rings. The highest BCUT2D eigenvalue weighted by Gasteiger charge is 2.18. The van der Waals surface area contributed by atoms with Gasteiger partial charge >= 0.3 is 0 Å². The van der Waals surface area contributed by atoms with E-state index in [1.165, 1.54) is 17.0 Å². The fourth-order valence-corrected chi connectivity index (χ4v) is 1.47. The summed E-state index contributed by atoms with van der Waals surface area (Å²) in [5.74, 6) is -2.59. The van der Waals surface area contributed by atoms with Gasteiger partial charge in [-0.1, -0.05) is 6.07 Å². The molecule has 0 unspecified atom stereocenters. The highest BCUT2D eigenvalue weighted by atomic mass is 19.2. The largest absolute Gasteiger partial charge is 0.342 e. The molecule has 0 spiro atoms. The SMILES string of the molecule is CNCCCN(C)C(=O)c1cccc(F)c1F. The van der Waals surface area contributed by atoms with Crippen molar-refractivity contribution in [3.63, 3.8) is 0 Å². The van der Waals surface area contributed by atoms with Gasteiger partial charge in [-0.3, -0.25) is 4.79 Å². The Morgan fingerprint density at radius 3 is 2.76 bits per heavy atom. The molecule has 0 aromatic heterocycles. The lowest BCUT2D eigenvalue weighted by Gasteiger charge is -2.17. The molecule has 0 saturated heterocycles. The second-order valence-corrected chi connectivity index (χ2v) is 3.79. The summed E-state index contributed by atoms with van der Waals surface area (Å²) in [5.41, 5.74) is -0.225. The van der Waals surface area contributed by atoms with Crippen molar-refractivity contribution < 1.29 is 13.6 Å². The molecule has 17 heavy (non-hydrogen) atoms. The summed E-state index contributed by atoms with van der Waals surface area (Å²) in [6, 6.07) is 3.61. The van der Waals surface area contributed by atoms with Gasteiger partial charge < -0.3 is 10.2 Å². The Labute approximate surface area is 99.4 Å². The van der Waals surface area contributed by atoms with Gasteiger partial charge in [0.1, 0.15) is 0 Å². The first kappa shape index (κ1) is 13.6. The minimum atomic E-state index is -1.09. The normalized spacial score (nSPS) is 10.4. The van der Waals surface area contributed by atoms with E-state index < -0.39 is 17.5 Å². The molecule has 1 N–H and O–H groups in total. The first-order valence-electron chi connectivity index (χ1n) is 5.42. The van der Waals surface area contributed by atoms with Crippen LogP contribution in [0.5, 0.6) is 0 Å². The summed E-state index contributed by atoms with van der Waals surface area (Å²) in [5, 5.41) is 2.95. The van der Waals surface area contributed by atoms with E-state index in [1.807, 2.05) is 7.05 Å². The molecule has 1 aromatic carbocycles. The van der Waals surface area contributed by atoms with Crippen LogP contribution in [0.25, 0.3) is 0 Å². The predicted octanol–water partition coefficient (Wildman–Crippen LogP) is 1.65. The number of amides is 1. The highest BCUT2D eigenvalue weighted by Crippen LogP contribution is 2.13. The summed E-state index contributed by atoms with van der Waals surface area (Å²) < 4.78 is 26.3. The molecule has 0 aliphatic heterocycles. The van der Waals surface area contributed by atoms with Crippen LogP contribution in [0.2, 0.25) is 0 Å². The maximum Gasteiger partial charge on any atom is 0.256 e. The van der Waals surface area contributed by atoms with Gasteiger partial charge in [0.2, 0.25) is 0 Å². The van der Waals surface area contributed by atoms with Crippen molar-refractivity contribution in [1.82, 2.24) is 10.2 Å². The lowest BCUT2D eigenvalue weighted by molar-refractivity contribution is 0.0788. The van der Waals surface area contributed by atoms with E-state index in [1.54, 1.807) is 7.05 Å². The van der Waals surface area contributed by atoms with Crippen LogP contribution in [-0.4, -0.2) is 38.0 Å². The van der Waals surface area contributed by atoms with E-state index in [4.69, 9.17) is 0 Å². The third-order valence-electron chi connectivity index (χ3n) is 2.45. The van der Waals surface area contributed by atoms with Gasteiger partial charge in [0.25, 0.3) is 5.91 Å². The van der Waals surface area contributed by atoms with E-state index >= 15 is 0 Å². The minimum Gasteiger partial charge on any atom is -0.342 e. The van der Waals surface area contributed by atoms with E-state index in [-0.39, 0.29) is 5.56 Å². The number of nitrogens with one attached hydrogen (secondary N) is 1. The molecule has 94 valence electrons. The Kier molecular flexibility index (Phi) is 5.03. The van der Waals surface area contributed by atoms with Gasteiger partial charge in [0.05, 0.1) is 5.56 Å². The molecular formula is C12H16F2N2O. The van der Waals surface area contributed by atoms with Crippen LogP contribution < -0.4 is 5.32 Å². The monoisotopic (exact) mass is 242 g/mol. The zero-order chi connectivity index (χ0) is 12.8. The topological polar surface area (TPSA) is 32.3 Å². The lowest BCUT2D eigenvalue weighted by Crippen LogP contribution is -2.30. The second-order valence-electron chi connectivity index (χ2n) is 3.79. The van der Waals surface area contributed by atoms with Crippen molar-refractivity contribution in [1.29, 1.82) is 0 Å². The molecule has 0 radical (unpaired) electrons. The molecular weight excluding hydrogens is 226 g/mol. The van der Waals surface area contributed by atoms with Crippen molar-refractivity contribution in [3.05, 3.63) is 35.4 Å². The molecule has 0 saturated carbocycles. The average molecular weight is 242 g/mol. The summed E-state index contributed by atoms with van der Waals surface area (Å²) >= 11 is 0. The number of hydrogen-bond donors (Lipinski definition) is 1. The molecule has 5 heteroatoms. The quantitative estimate of drug-likeness (QED) is 0.796. The van der Waals surface area contributed by atoms with Crippen LogP contribution >= 0.6 is 0 Å². The molecule has 0 heterocycles. The molecule has 0 bridgehead atoms. The number of halogens is 2. The minimum absolute atomic E-state index is 0.225. The molecule has 0 aliphatic rings. The van der Waals surface area contributed by atoms with Gasteiger partial charge in [0.15, 0.2) is 11.6 Å². The van der Waals surface area contributed by atoms with Gasteiger partial charge in [-0.05, 0) is 32.1 Å². The van der Waals surface area contributed by atoms with Crippen molar-refractivity contribution >= 4 is 5.91 Å². The first-order chi connectivity index (χ1) is 8.07. The molecule has 0 aliphatic carbocycles. The fourth-order valence-electron chi connectivity index (χ4n) is 1.47. The molecule has 1 aromatic rings. The zero-order valence-corrected chi connectivity index (χ0v) is 9.96. The number of rotatable bonds is 5. The second kappa shape index (κ2) is 6.30. The van der Waals surface area contributed by atoms with Crippen LogP contribution in [0.4, 0.5) is 8.78 Å². The van der Waals surface area contributed by atoms with Crippen LogP contribution in [0.3, 0.4) is 0 Å². The Bertz CT molecular complexity index is 396. The van der Waals surface area contributed by atoms with E-state index in [0.29, 0.717) is 6.54 Å². The third-order valence-corrected chi connectivity index (χ3v) is 2.45. The van der Waals surface area contributed by atoms with Gasteiger partial charge in [0, 0.05) is 13.6 Å². The van der Waals surface area contributed by atoms with Crippen molar-refractivity contribution in [2.24, 2.45) is 0 Å². The maximum atomic E-state index is 13.4. The Morgan fingerprint density at radius 2 is 2.12 bits per heavy atom. The fraction of sp³-hybridized carbons (Fsp3) is 0.417. The predicted molar refractivity (Wildman–Crippen MR) is 61.9 cm³/mol. The van der Waals surface area contributed by atoms with Gasteiger partial charge in [-0.15, -0.1) is 0 Å². The summed E-state index contributed by atoms with van der Waals surface area (Å²) in [6.45, 7) is 1.26. The van der Waals surface area contributed by atoms with Crippen molar-refractivity contribution in [2.75, 3.05) is 27.2 Å². The van der Waals surface area contributed by atoms with E-state index in [2.05, 4.69) is 5.32 Å². The average Bonchev–Trinajstić information content (AvgIpc) is 2.32. The third kappa shape index (κ3) is 3.49.